The molecule has 0 bridgehead atoms. The van der Waals surface area contributed by atoms with Crippen LogP contribution < -0.4 is 10.0 Å². The predicted octanol–water partition coefficient (Wildman–Crippen LogP) is 2.78. The van der Waals surface area contributed by atoms with Crippen molar-refractivity contribution in [3.63, 3.8) is 0 Å². The monoisotopic (exact) mass is 346 g/mol. The molecule has 0 radical (unpaired) electrons. The number of nitrogens with one attached hydrogen (secondary N) is 2. The van der Waals surface area contributed by atoms with E-state index in [9.17, 15) is 13.2 Å². The minimum atomic E-state index is -3.62. The molecule has 2 N–H and O–H groups in total. The van der Waals surface area contributed by atoms with Gasteiger partial charge in [-0.2, -0.15) is 0 Å². The molecule has 5 nitrogen and oxygen atoms in total. The Labute approximate surface area is 143 Å². The zero-order chi connectivity index (χ0) is 17.7. The van der Waals surface area contributed by atoms with E-state index in [0.29, 0.717) is 18.7 Å². The first-order valence-corrected chi connectivity index (χ1v) is 9.20. The predicted molar refractivity (Wildman–Crippen MR) is 95.6 cm³/mol. The minimum Gasteiger partial charge on any atom is -0.356 e. The van der Waals surface area contributed by atoms with Crippen LogP contribution in [-0.2, 0) is 21.2 Å². The standard InChI is InChI=1S/C18H22N2O3S/c1-13-5-4-6-18(14(13)2)20-24(22,23)17-9-7-16(8-10-17)11-12-19-15(3)21/h4-10,20H,11-12H2,1-3H3,(H,19,21). The van der Waals surface area contributed by atoms with Crippen LogP contribution in [0.1, 0.15) is 23.6 Å². The van der Waals surface area contributed by atoms with Crippen LogP contribution in [0.15, 0.2) is 47.4 Å². The van der Waals surface area contributed by atoms with Gasteiger partial charge in [-0.15, -0.1) is 0 Å². The molecule has 2 rings (SSSR count). The van der Waals surface area contributed by atoms with E-state index < -0.39 is 10.0 Å². The number of rotatable bonds is 6. The molecule has 0 saturated heterocycles. The molecule has 2 aromatic carbocycles. The molecule has 0 saturated carbocycles. The van der Waals surface area contributed by atoms with Gasteiger partial charge >= 0.3 is 0 Å². The van der Waals surface area contributed by atoms with E-state index >= 15 is 0 Å². The number of benzene rings is 2. The molecule has 0 aromatic heterocycles. The fraction of sp³-hybridized carbons (Fsp3) is 0.278. The quantitative estimate of drug-likeness (QED) is 0.844. The van der Waals surface area contributed by atoms with Crippen molar-refractivity contribution in [2.75, 3.05) is 11.3 Å². The maximum absolute atomic E-state index is 12.5. The molecule has 0 unspecified atom stereocenters. The summed E-state index contributed by atoms with van der Waals surface area (Å²) in [5.41, 5.74) is 3.50. The van der Waals surface area contributed by atoms with Crippen molar-refractivity contribution in [2.45, 2.75) is 32.1 Å². The van der Waals surface area contributed by atoms with Crippen LogP contribution >= 0.6 is 0 Å². The molecule has 0 aliphatic heterocycles. The number of hydrogen-bond acceptors (Lipinski definition) is 3. The molecule has 0 atom stereocenters. The van der Waals surface area contributed by atoms with Gasteiger partial charge in [0.15, 0.2) is 0 Å². The highest BCUT2D eigenvalue weighted by molar-refractivity contribution is 7.92. The largest absolute Gasteiger partial charge is 0.356 e. The SMILES string of the molecule is CC(=O)NCCc1ccc(S(=O)(=O)Nc2cccc(C)c2C)cc1. The average molecular weight is 346 g/mol. The van der Waals surface area contributed by atoms with Crippen molar-refractivity contribution >= 4 is 21.6 Å². The molecule has 128 valence electrons. The summed E-state index contributed by atoms with van der Waals surface area (Å²) >= 11 is 0. The second-order valence-corrected chi connectivity index (χ2v) is 7.41. The van der Waals surface area contributed by atoms with Gasteiger partial charge in [-0.1, -0.05) is 24.3 Å². The van der Waals surface area contributed by atoms with E-state index in [1.165, 1.54) is 6.92 Å². The number of amides is 1. The third-order valence-electron chi connectivity index (χ3n) is 3.87. The third kappa shape index (κ3) is 4.58. The van der Waals surface area contributed by atoms with Crippen LogP contribution in [-0.4, -0.2) is 20.9 Å². The maximum atomic E-state index is 12.5. The number of sulfonamides is 1. The number of anilines is 1. The van der Waals surface area contributed by atoms with Gasteiger partial charge in [0.2, 0.25) is 5.91 Å². The fourth-order valence-corrected chi connectivity index (χ4v) is 3.41. The molecule has 0 spiro atoms. The summed E-state index contributed by atoms with van der Waals surface area (Å²) < 4.78 is 27.7. The van der Waals surface area contributed by atoms with Gasteiger partial charge in [0.25, 0.3) is 10.0 Å². The fourth-order valence-electron chi connectivity index (χ4n) is 2.28. The van der Waals surface area contributed by atoms with E-state index in [1.807, 2.05) is 26.0 Å². The first kappa shape index (κ1) is 18.0. The molecule has 1 amide bonds. The molecular weight excluding hydrogens is 324 g/mol. The van der Waals surface area contributed by atoms with Crippen LogP contribution in [0.3, 0.4) is 0 Å². The summed E-state index contributed by atoms with van der Waals surface area (Å²) in [4.78, 5) is 11.1. The van der Waals surface area contributed by atoms with Gasteiger partial charge in [0.1, 0.15) is 0 Å². The van der Waals surface area contributed by atoms with E-state index in [0.717, 1.165) is 16.7 Å². The zero-order valence-electron chi connectivity index (χ0n) is 14.1. The van der Waals surface area contributed by atoms with Crippen molar-refractivity contribution in [1.29, 1.82) is 0 Å². The molecule has 0 aliphatic rings. The van der Waals surface area contributed by atoms with E-state index in [1.54, 1.807) is 30.3 Å². The van der Waals surface area contributed by atoms with Crippen LogP contribution in [0, 0.1) is 13.8 Å². The van der Waals surface area contributed by atoms with Gasteiger partial charge in [-0.05, 0) is 55.2 Å². The molecule has 24 heavy (non-hydrogen) atoms. The lowest BCUT2D eigenvalue weighted by Crippen LogP contribution is -2.22. The second kappa shape index (κ2) is 7.49. The topological polar surface area (TPSA) is 75.3 Å². The molecule has 0 aliphatic carbocycles. The smallest absolute Gasteiger partial charge is 0.261 e. The lowest BCUT2D eigenvalue weighted by molar-refractivity contribution is -0.118. The van der Waals surface area contributed by atoms with Crippen molar-refractivity contribution in [1.82, 2.24) is 5.32 Å². The van der Waals surface area contributed by atoms with Gasteiger partial charge in [0, 0.05) is 13.5 Å². The van der Waals surface area contributed by atoms with E-state index in [2.05, 4.69) is 10.0 Å². The molecule has 0 fully saturated rings. The normalized spacial score (nSPS) is 11.1. The second-order valence-electron chi connectivity index (χ2n) is 5.73. The Morgan fingerprint density at radius 1 is 1.04 bits per heavy atom. The first-order valence-electron chi connectivity index (χ1n) is 7.72. The van der Waals surface area contributed by atoms with Crippen molar-refractivity contribution < 1.29 is 13.2 Å². The number of aryl methyl sites for hydroxylation is 1. The maximum Gasteiger partial charge on any atom is 0.261 e. The Morgan fingerprint density at radius 2 is 1.71 bits per heavy atom. The summed E-state index contributed by atoms with van der Waals surface area (Å²) in [6.45, 7) is 5.83. The highest BCUT2D eigenvalue weighted by atomic mass is 32.2. The summed E-state index contributed by atoms with van der Waals surface area (Å²) in [7, 11) is -3.62. The van der Waals surface area contributed by atoms with Crippen molar-refractivity contribution in [2.24, 2.45) is 0 Å². The average Bonchev–Trinajstić information content (AvgIpc) is 2.52. The lowest BCUT2D eigenvalue weighted by atomic mass is 10.1. The number of hydrogen-bond donors (Lipinski definition) is 2. The van der Waals surface area contributed by atoms with Gasteiger partial charge < -0.3 is 5.32 Å². The summed E-state index contributed by atoms with van der Waals surface area (Å²) in [5.74, 6) is -0.0769. The summed E-state index contributed by atoms with van der Waals surface area (Å²) in [6, 6.07) is 12.2. The molecular formula is C18H22N2O3S. The highest BCUT2D eigenvalue weighted by Gasteiger charge is 2.15. The van der Waals surface area contributed by atoms with Crippen molar-refractivity contribution in [3.8, 4) is 0 Å². The van der Waals surface area contributed by atoms with Crippen LogP contribution in [0.4, 0.5) is 5.69 Å². The zero-order valence-corrected chi connectivity index (χ0v) is 14.9. The molecule has 0 heterocycles. The Kier molecular flexibility index (Phi) is 5.62. The summed E-state index contributed by atoms with van der Waals surface area (Å²) in [6.07, 6.45) is 0.657. The minimum absolute atomic E-state index is 0.0769. The Hall–Kier alpha value is -2.34. The Balaban J connectivity index is 2.12. The van der Waals surface area contributed by atoms with Gasteiger partial charge in [-0.3, -0.25) is 9.52 Å². The molecule has 2 aromatic rings. The number of carbonyl (C=O) groups excluding carboxylic acids is 1. The molecule has 6 heteroatoms. The van der Waals surface area contributed by atoms with Gasteiger partial charge in [0.05, 0.1) is 10.6 Å². The lowest BCUT2D eigenvalue weighted by Gasteiger charge is -2.12. The summed E-state index contributed by atoms with van der Waals surface area (Å²) in [5, 5.41) is 2.71. The third-order valence-corrected chi connectivity index (χ3v) is 5.25. The van der Waals surface area contributed by atoms with Gasteiger partial charge in [-0.25, -0.2) is 8.42 Å². The van der Waals surface area contributed by atoms with E-state index in [4.69, 9.17) is 0 Å². The van der Waals surface area contributed by atoms with E-state index in [-0.39, 0.29) is 10.8 Å². The van der Waals surface area contributed by atoms with Crippen molar-refractivity contribution in [3.05, 3.63) is 59.2 Å². The van der Waals surface area contributed by atoms with Crippen LogP contribution in [0.2, 0.25) is 0 Å². The van der Waals surface area contributed by atoms with Crippen LogP contribution in [0.5, 0.6) is 0 Å². The highest BCUT2D eigenvalue weighted by Crippen LogP contribution is 2.22. The Bertz CT molecular complexity index is 828. The first-order chi connectivity index (χ1) is 11.3. The number of carbonyl (C=O) groups is 1. The Morgan fingerprint density at radius 3 is 2.33 bits per heavy atom. The van der Waals surface area contributed by atoms with Crippen LogP contribution in [0.25, 0.3) is 0 Å².